The zero-order valence-corrected chi connectivity index (χ0v) is 8.32. The fraction of sp³-hybridized carbons (Fsp3) is 0.400. The molecule has 4 nitrogen and oxygen atoms in total. The van der Waals surface area contributed by atoms with Gasteiger partial charge in [0.15, 0.2) is 5.82 Å². The van der Waals surface area contributed by atoms with Crippen LogP contribution in [0.5, 0.6) is 0 Å². The molecule has 0 saturated carbocycles. The molecular formula is C10H13N3O. The number of hydrogen-bond donors (Lipinski definition) is 1. The lowest BCUT2D eigenvalue weighted by Gasteiger charge is -2.10. The van der Waals surface area contributed by atoms with E-state index in [1.165, 1.54) is 0 Å². The molecule has 0 amide bonds. The number of rotatable bonds is 3. The largest absolute Gasteiger partial charge is 0.355 e. The van der Waals surface area contributed by atoms with Crippen molar-refractivity contribution >= 4 is 5.82 Å². The van der Waals surface area contributed by atoms with Gasteiger partial charge in [0.05, 0.1) is 6.54 Å². The average Bonchev–Trinajstić information content (AvgIpc) is 2.16. The number of terminal acetylenes is 1. The van der Waals surface area contributed by atoms with Crippen molar-refractivity contribution in [3.8, 4) is 12.3 Å². The third-order valence-corrected chi connectivity index (χ3v) is 1.78. The molecule has 0 unspecified atom stereocenters. The van der Waals surface area contributed by atoms with E-state index in [0.29, 0.717) is 12.4 Å². The van der Waals surface area contributed by atoms with Gasteiger partial charge >= 0.3 is 0 Å². The predicted octanol–water partition coefficient (Wildman–Crippen LogP) is 0.869. The van der Waals surface area contributed by atoms with Crippen molar-refractivity contribution in [3.63, 3.8) is 0 Å². The lowest BCUT2D eigenvalue weighted by molar-refractivity contribution is 0.575. The van der Waals surface area contributed by atoms with Crippen LogP contribution in [0.1, 0.15) is 19.9 Å². The van der Waals surface area contributed by atoms with Crippen molar-refractivity contribution in [2.24, 2.45) is 0 Å². The van der Waals surface area contributed by atoms with Gasteiger partial charge in [0.1, 0.15) is 0 Å². The topological polar surface area (TPSA) is 46.9 Å². The summed E-state index contributed by atoms with van der Waals surface area (Å²) in [4.78, 5) is 15.6. The summed E-state index contributed by atoms with van der Waals surface area (Å²) in [5.74, 6) is 2.70. The van der Waals surface area contributed by atoms with Crippen molar-refractivity contribution < 1.29 is 0 Å². The smallest absolute Gasteiger partial charge is 0.293 e. The SMILES string of the molecule is C#CCNc1nccn(C(C)C)c1=O. The summed E-state index contributed by atoms with van der Waals surface area (Å²) >= 11 is 0. The van der Waals surface area contributed by atoms with Crippen molar-refractivity contribution in [1.29, 1.82) is 0 Å². The van der Waals surface area contributed by atoms with Crippen LogP contribution in [0.15, 0.2) is 17.2 Å². The van der Waals surface area contributed by atoms with E-state index in [1.54, 1.807) is 17.0 Å². The molecular weight excluding hydrogens is 178 g/mol. The Balaban J connectivity index is 3.03. The highest BCUT2D eigenvalue weighted by atomic mass is 16.1. The molecule has 0 aliphatic heterocycles. The third-order valence-electron chi connectivity index (χ3n) is 1.78. The Hall–Kier alpha value is -1.76. The van der Waals surface area contributed by atoms with Crippen LogP contribution in [0.3, 0.4) is 0 Å². The maximum absolute atomic E-state index is 11.7. The first-order chi connectivity index (χ1) is 6.66. The number of nitrogens with zero attached hydrogens (tertiary/aromatic N) is 2. The molecule has 1 N–H and O–H groups in total. The van der Waals surface area contributed by atoms with E-state index in [4.69, 9.17) is 6.42 Å². The molecule has 1 heterocycles. The summed E-state index contributed by atoms with van der Waals surface area (Å²) in [6.07, 6.45) is 8.32. The van der Waals surface area contributed by atoms with Crippen molar-refractivity contribution in [2.75, 3.05) is 11.9 Å². The lowest BCUT2D eigenvalue weighted by Crippen LogP contribution is -2.25. The molecule has 0 atom stereocenters. The molecule has 0 aliphatic carbocycles. The van der Waals surface area contributed by atoms with Gasteiger partial charge in [-0.05, 0) is 13.8 Å². The predicted molar refractivity (Wildman–Crippen MR) is 56.2 cm³/mol. The van der Waals surface area contributed by atoms with Gasteiger partial charge < -0.3 is 9.88 Å². The average molecular weight is 191 g/mol. The van der Waals surface area contributed by atoms with Crippen molar-refractivity contribution in [2.45, 2.75) is 19.9 Å². The van der Waals surface area contributed by atoms with Crippen LogP contribution >= 0.6 is 0 Å². The zero-order chi connectivity index (χ0) is 10.6. The highest BCUT2D eigenvalue weighted by Gasteiger charge is 2.05. The van der Waals surface area contributed by atoms with E-state index in [2.05, 4.69) is 16.2 Å². The second kappa shape index (κ2) is 4.47. The minimum Gasteiger partial charge on any atom is -0.355 e. The summed E-state index contributed by atoms with van der Waals surface area (Å²) in [6, 6.07) is 0.122. The Morgan fingerprint density at radius 1 is 1.71 bits per heavy atom. The third kappa shape index (κ3) is 2.13. The van der Waals surface area contributed by atoms with Crippen LogP contribution in [0.25, 0.3) is 0 Å². The molecule has 74 valence electrons. The van der Waals surface area contributed by atoms with Crippen LogP contribution in [0.4, 0.5) is 5.82 Å². The number of nitrogens with one attached hydrogen (secondary N) is 1. The van der Waals surface area contributed by atoms with Crippen molar-refractivity contribution in [3.05, 3.63) is 22.7 Å². The Kier molecular flexibility index (Phi) is 3.29. The summed E-state index contributed by atoms with van der Waals surface area (Å²) in [5, 5.41) is 2.78. The van der Waals surface area contributed by atoms with Gasteiger partial charge in [0.25, 0.3) is 5.56 Å². The minimum absolute atomic E-state index is 0.122. The van der Waals surface area contributed by atoms with E-state index < -0.39 is 0 Å². The van der Waals surface area contributed by atoms with Gasteiger partial charge in [-0.3, -0.25) is 4.79 Å². The molecule has 0 aromatic carbocycles. The maximum atomic E-state index is 11.7. The summed E-state index contributed by atoms with van der Waals surface area (Å²) in [6.45, 7) is 4.18. The lowest BCUT2D eigenvalue weighted by atomic mass is 10.4. The Labute approximate surface area is 83.0 Å². The van der Waals surface area contributed by atoms with Crippen LogP contribution in [0, 0.1) is 12.3 Å². The Morgan fingerprint density at radius 3 is 3.00 bits per heavy atom. The van der Waals surface area contributed by atoms with Crippen LogP contribution < -0.4 is 10.9 Å². The van der Waals surface area contributed by atoms with Gasteiger partial charge in [-0.1, -0.05) is 5.92 Å². The molecule has 1 aromatic heterocycles. The fourth-order valence-electron chi connectivity index (χ4n) is 1.09. The molecule has 0 saturated heterocycles. The highest BCUT2D eigenvalue weighted by molar-refractivity contribution is 5.32. The summed E-state index contributed by atoms with van der Waals surface area (Å²) < 4.78 is 1.60. The first-order valence-electron chi connectivity index (χ1n) is 4.41. The monoisotopic (exact) mass is 191 g/mol. The van der Waals surface area contributed by atoms with Crippen LogP contribution in [-0.4, -0.2) is 16.1 Å². The van der Waals surface area contributed by atoms with E-state index in [1.807, 2.05) is 13.8 Å². The van der Waals surface area contributed by atoms with Gasteiger partial charge in [-0.15, -0.1) is 6.42 Å². The van der Waals surface area contributed by atoms with Gasteiger partial charge in [0, 0.05) is 18.4 Å². The zero-order valence-electron chi connectivity index (χ0n) is 8.32. The fourth-order valence-corrected chi connectivity index (χ4v) is 1.09. The van der Waals surface area contributed by atoms with E-state index >= 15 is 0 Å². The number of anilines is 1. The summed E-state index contributed by atoms with van der Waals surface area (Å²) in [5.41, 5.74) is -0.141. The molecule has 0 bridgehead atoms. The van der Waals surface area contributed by atoms with Crippen LogP contribution in [0.2, 0.25) is 0 Å². The molecule has 0 fully saturated rings. The van der Waals surface area contributed by atoms with Gasteiger partial charge in [0.2, 0.25) is 0 Å². The Morgan fingerprint density at radius 2 is 2.43 bits per heavy atom. The second-order valence-corrected chi connectivity index (χ2v) is 3.14. The number of hydrogen-bond acceptors (Lipinski definition) is 3. The quantitative estimate of drug-likeness (QED) is 0.721. The van der Waals surface area contributed by atoms with Crippen LogP contribution in [-0.2, 0) is 0 Å². The maximum Gasteiger partial charge on any atom is 0.293 e. The molecule has 0 aliphatic rings. The molecule has 0 radical (unpaired) electrons. The van der Waals surface area contributed by atoms with Gasteiger partial charge in [-0.25, -0.2) is 4.98 Å². The highest BCUT2D eigenvalue weighted by Crippen LogP contribution is 2.00. The molecule has 14 heavy (non-hydrogen) atoms. The van der Waals surface area contributed by atoms with E-state index in [0.717, 1.165) is 0 Å². The number of aromatic nitrogens is 2. The minimum atomic E-state index is -0.141. The first-order valence-corrected chi connectivity index (χ1v) is 4.41. The van der Waals surface area contributed by atoms with Gasteiger partial charge in [-0.2, -0.15) is 0 Å². The van der Waals surface area contributed by atoms with Crippen molar-refractivity contribution in [1.82, 2.24) is 9.55 Å². The molecule has 0 spiro atoms. The van der Waals surface area contributed by atoms with E-state index in [9.17, 15) is 4.79 Å². The molecule has 4 heteroatoms. The van der Waals surface area contributed by atoms with E-state index in [-0.39, 0.29) is 11.6 Å². The standard InChI is InChI=1S/C10H13N3O/c1-4-5-11-9-10(14)13(8(2)3)7-6-12-9/h1,6-8H,5H2,2-3H3,(H,11,12). The first kappa shape index (κ1) is 10.3. The second-order valence-electron chi connectivity index (χ2n) is 3.14. The molecule has 1 aromatic rings. The summed E-state index contributed by atoms with van der Waals surface area (Å²) in [7, 11) is 0. The Bertz CT molecular complexity index is 401. The molecule has 1 rings (SSSR count). The normalized spacial score (nSPS) is 9.86.